The van der Waals surface area contributed by atoms with Gasteiger partial charge in [-0.05, 0) is 25.8 Å². The summed E-state index contributed by atoms with van der Waals surface area (Å²) >= 11 is 3.07. The van der Waals surface area contributed by atoms with Crippen molar-refractivity contribution in [2.45, 2.75) is 0 Å². The molecule has 2 rings (SSSR count). The fraction of sp³-hybridized carbons (Fsp3) is 0. The minimum atomic E-state index is -0.753. The number of carbonyl (C=O) groups is 1. The average molecular weight is 257 g/mol. The maximum absolute atomic E-state index is 10.8. The Balaban J connectivity index is 2.93. The molecule has 0 saturated heterocycles. The second kappa shape index (κ2) is 2.91. The minimum Gasteiger partial charge on any atom is -0.358 e. The van der Waals surface area contributed by atoms with E-state index in [1.807, 2.05) is 0 Å². The number of nitrogens with zero attached hydrogens (tertiary/aromatic N) is 4. The number of pyridine rings is 1. The van der Waals surface area contributed by atoms with Crippen LogP contribution in [-0.2, 0) is 0 Å². The zero-order valence-corrected chi connectivity index (χ0v) is 8.05. The van der Waals surface area contributed by atoms with Gasteiger partial charge in [-0.2, -0.15) is 9.98 Å². The molecule has 7 nitrogen and oxygen atoms in total. The molecular weight excluding hydrogens is 256 g/mol. The van der Waals surface area contributed by atoms with E-state index in [-0.39, 0.29) is 10.7 Å². The number of fused-ring (bicyclic) bond motifs is 1. The Hall–Kier alpha value is -1.70. The lowest BCUT2D eigenvalue weighted by atomic mass is 10.4. The summed E-state index contributed by atoms with van der Waals surface area (Å²) in [6.45, 7) is 0. The molecule has 0 fully saturated rings. The highest BCUT2D eigenvalue weighted by Gasteiger charge is 2.20. The maximum Gasteiger partial charge on any atom is 0.392 e. The third-order valence-electron chi connectivity index (χ3n) is 1.55. The lowest BCUT2D eigenvalue weighted by molar-refractivity contribution is -0.391. The van der Waals surface area contributed by atoms with Gasteiger partial charge in [-0.15, -0.1) is 0 Å². The van der Waals surface area contributed by atoms with Gasteiger partial charge in [0.25, 0.3) is 0 Å². The van der Waals surface area contributed by atoms with Crippen molar-refractivity contribution in [2.24, 2.45) is 9.98 Å². The first-order chi connectivity index (χ1) is 6.59. The molecule has 8 heteroatoms. The lowest BCUT2D eigenvalue weighted by Gasteiger charge is -1.90. The summed E-state index contributed by atoms with van der Waals surface area (Å²) in [5.41, 5.74) is 0. The quantitative estimate of drug-likeness (QED) is 0.527. The molecule has 2 amide bonds. The molecule has 1 aliphatic rings. The van der Waals surface area contributed by atoms with Crippen molar-refractivity contribution in [3.8, 4) is 0 Å². The van der Waals surface area contributed by atoms with Gasteiger partial charge in [-0.25, -0.2) is 4.79 Å². The molecule has 1 aromatic rings. The van der Waals surface area contributed by atoms with E-state index in [1.165, 1.54) is 6.20 Å². The highest BCUT2D eigenvalue weighted by atomic mass is 79.9. The number of amides is 2. The van der Waals surface area contributed by atoms with Crippen molar-refractivity contribution in [2.75, 3.05) is 0 Å². The zero-order valence-electron chi connectivity index (χ0n) is 6.47. The molecule has 0 radical (unpaired) electrons. The van der Waals surface area contributed by atoms with Gasteiger partial charge in [0.05, 0.1) is 4.47 Å². The Morgan fingerprint density at radius 2 is 2.00 bits per heavy atom. The number of hydrogen-bond acceptors (Lipinski definition) is 4. The Morgan fingerprint density at radius 1 is 1.36 bits per heavy atom. The number of nitro groups is 1. The summed E-state index contributed by atoms with van der Waals surface area (Å²) in [7, 11) is 0. The van der Waals surface area contributed by atoms with E-state index >= 15 is 0 Å². The predicted molar refractivity (Wildman–Crippen MR) is 46.3 cm³/mol. The van der Waals surface area contributed by atoms with Crippen molar-refractivity contribution in [3.05, 3.63) is 31.5 Å². The van der Waals surface area contributed by atoms with E-state index < -0.39 is 16.8 Å². The molecule has 1 aromatic heterocycles. The molecule has 0 aliphatic carbocycles. The predicted octanol–water partition coefficient (Wildman–Crippen LogP) is 0.125. The van der Waals surface area contributed by atoms with Crippen LogP contribution in [0.25, 0.3) is 0 Å². The molecule has 0 saturated carbocycles. The molecule has 0 spiro atoms. The number of aromatic nitrogens is 1. The third-order valence-corrected chi connectivity index (χ3v) is 2.13. The topological polar surface area (TPSA) is 97.8 Å². The van der Waals surface area contributed by atoms with E-state index in [1.54, 1.807) is 0 Å². The van der Waals surface area contributed by atoms with E-state index in [9.17, 15) is 14.9 Å². The third kappa shape index (κ3) is 1.20. The number of halogens is 1. The van der Waals surface area contributed by atoms with Crippen LogP contribution in [0.5, 0.6) is 0 Å². The van der Waals surface area contributed by atoms with Crippen molar-refractivity contribution in [1.82, 2.24) is 4.98 Å². The Bertz CT molecular complexity index is 567. The first kappa shape index (κ1) is 8.88. The molecule has 1 aliphatic heterocycles. The normalized spacial score (nSPS) is 13.1. The van der Waals surface area contributed by atoms with Gasteiger partial charge in [0.1, 0.15) is 5.36 Å². The zero-order chi connectivity index (χ0) is 10.3. The van der Waals surface area contributed by atoms with Gasteiger partial charge in [0.15, 0.2) is 11.6 Å². The molecular formula is C6HBrN4O3. The summed E-state index contributed by atoms with van der Waals surface area (Å²) in [6.07, 6.45) is 1.22. The van der Waals surface area contributed by atoms with Crippen molar-refractivity contribution < 1.29 is 9.72 Å². The van der Waals surface area contributed by atoms with E-state index in [0.29, 0.717) is 4.47 Å². The Morgan fingerprint density at radius 3 is 2.64 bits per heavy atom. The standard InChI is InChI=1S/C6HBrN4O3/c7-2-1-8-5(11(13)14)4-3(2)9-6(12)10-4/h1H. The number of rotatable bonds is 1. The van der Waals surface area contributed by atoms with Crippen molar-refractivity contribution in [3.63, 3.8) is 0 Å². The van der Waals surface area contributed by atoms with Gasteiger partial charge in [0, 0.05) is 0 Å². The Kier molecular flexibility index (Phi) is 1.84. The van der Waals surface area contributed by atoms with Gasteiger partial charge in [0.2, 0.25) is 0 Å². The lowest BCUT2D eigenvalue weighted by Crippen LogP contribution is -2.27. The molecule has 0 atom stereocenters. The van der Waals surface area contributed by atoms with Gasteiger partial charge in [-0.3, -0.25) is 0 Å². The van der Waals surface area contributed by atoms with Crippen LogP contribution in [0.4, 0.5) is 10.6 Å². The van der Waals surface area contributed by atoms with Crippen LogP contribution in [0.15, 0.2) is 20.7 Å². The first-order valence-corrected chi connectivity index (χ1v) is 4.19. The minimum absolute atomic E-state index is 0.0885. The van der Waals surface area contributed by atoms with Crippen LogP contribution in [0.1, 0.15) is 0 Å². The maximum atomic E-state index is 10.8. The van der Waals surface area contributed by atoms with Crippen LogP contribution in [-0.4, -0.2) is 15.9 Å². The fourth-order valence-electron chi connectivity index (χ4n) is 1.02. The smallest absolute Gasteiger partial charge is 0.358 e. The largest absolute Gasteiger partial charge is 0.392 e. The number of urea groups is 1. The monoisotopic (exact) mass is 256 g/mol. The summed E-state index contributed by atoms with van der Waals surface area (Å²) in [5.74, 6) is -0.460. The molecule has 2 heterocycles. The molecule has 14 heavy (non-hydrogen) atoms. The van der Waals surface area contributed by atoms with Crippen LogP contribution < -0.4 is 10.7 Å². The van der Waals surface area contributed by atoms with E-state index in [4.69, 9.17) is 0 Å². The van der Waals surface area contributed by atoms with Crippen LogP contribution >= 0.6 is 15.9 Å². The van der Waals surface area contributed by atoms with Gasteiger partial charge < -0.3 is 10.1 Å². The average Bonchev–Trinajstić information content (AvgIpc) is 2.47. The van der Waals surface area contributed by atoms with Crippen LogP contribution in [0.3, 0.4) is 0 Å². The van der Waals surface area contributed by atoms with Gasteiger partial charge >= 0.3 is 11.8 Å². The Labute approximate surface area is 84.5 Å². The van der Waals surface area contributed by atoms with Crippen LogP contribution in [0, 0.1) is 10.1 Å². The van der Waals surface area contributed by atoms with Gasteiger partial charge in [-0.1, -0.05) is 0 Å². The summed E-state index contributed by atoms with van der Waals surface area (Å²) in [4.78, 5) is 31.0. The summed E-state index contributed by atoms with van der Waals surface area (Å²) in [6, 6.07) is -0.753. The highest BCUT2D eigenvalue weighted by molar-refractivity contribution is 9.10. The second-order valence-corrected chi connectivity index (χ2v) is 3.24. The highest BCUT2D eigenvalue weighted by Crippen LogP contribution is 2.05. The summed E-state index contributed by atoms with van der Waals surface area (Å²) < 4.78 is 0.410. The fourth-order valence-corrected chi connectivity index (χ4v) is 1.40. The SMILES string of the molecule is O=C1N=c2c(Br)cnc([N+](=O)[O-])c2=N1. The van der Waals surface area contributed by atoms with Crippen molar-refractivity contribution in [1.29, 1.82) is 0 Å². The summed E-state index contributed by atoms with van der Waals surface area (Å²) in [5, 5.41) is 10.6. The molecule has 0 aromatic carbocycles. The van der Waals surface area contributed by atoms with E-state index in [0.717, 1.165) is 0 Å². The van der Waals surface area contributed by atoms with E-state index in [2.05, 4.69) is 30.9 Å². The first-order valence-electron chi connectivity index (χ1n) is 3.40. The molecule has 70 valence electrons. The number of carbonyl (C=O) groups excluding carboxylic acids is 1. The molecule has 0 unspecified atom stereocenters. The van der Waals surface area contributed by atoms with Crippen molar-refractivity contribution >= 4 is 27.8 Å². The van der Waals surface area contributed by atoms with Crippen LogP contribution in [0.2, 0.25) is 0 Å². The molecule has 0 N–H and O–H groups in total. The number of hydrogen-bond donors (Lipinski definition) is 0. The second-order valence-electron chi connectivity index (χ2n) is 2.39. The molecule has 0 bridgehead atoms.